The number of pyridine rings is 1. The number of aliphatic hydroxyl groups excluding tert-OH is 1. The first kappa shape index (κ1) is 14.4. The predicted molar refractivity (Wildman–Crippen MR) is 70.7 cm³/mol. The molecule has 5 N–H and O–H groups in total. The second-order valence-corrected chi connectivity index (χ2v) is 3.67. The van der Waals surface area contributed by atoms with Crippen LogP contribution in [-0.4, -0.2) is 46.3 Å². The number of nitrogens with zero attached hydrogens (tertiary/aromatic N) is 2. The maximum Gasteiger partial charge on any atom is 0.161 e. The van der Waals surface area contributed by atoms with Gasteiger partial charge in [-0.2, -0.15) is 0 Å². The van der Waals surface area contributed by atoms with E-state index in [0.717, 1.165) is 6.42 Å². The molecule has 1 rings (SSSR count). The molecule has 1 aromatic heterocycles. The molecule has 18 heavy (non-hydrogen) atoms. The van der Waals surface area contributed by atoms with E-state index in [9.17, 15) is 0 Å². The molecule has 0 amide bonds. The molecular weight excluding hydrogens is 234 g/mol. The summed E-state index contributed by atoms with van der Waals surface area (Å²) in [5, 5.41) is 27.2. The zero-order chi connectivity index (χ0) is 13.4. The summed E-state index contributed by atoms with van der Waals surface area (Å²) in [7, 11) is 1.72. The molecule has 0 aliphatic carbocycles. The molecule has 0 fully saturated rings. The zero-order valence-electron chi connectivity index (χ0n) is 10.3. The third-order valence-corrected chi connectivity index (χ3v) is 2.44. The Morgan fingerprint density at radius 3 is 2.89 bits per heavy atom. The van der Waals surface area contributed by atoms with Crippen molar-refractivity contribution in [3.05, 3.63) is 23.9 Å². The lowest BCUT2D eigenvalue weighted by atomic mass is 10.3. The van der Waals surface area contributed by atoms with Gasteiger partial charge < -0.3 is 5.11 Å². The van der Waals surface area contributed by atoms with Gasteiger partial charge in [-0.15, -0.1) is 0 Å². The Morgan fingerprint density at radius 2 is 2.28 bits per heavy atom. The predicted octanol–water partition coefficient (Wildman–Crippen LogP) is 0.663. The van der Waals surface area contributed by atoms with E-state index >= 15 is 0 Å². The maximum absolute atomic E-state index is 8.77. The Balaban J connectivity index is 0.00000324. The minimum absolute atomic E-state index is 0. The monoisotopic (exact) mass is 255 g/mol. The van der Waals surface area contributed by atoms with Crippen LogP contribution >= 0.6 is 0 Å². The van der Waals surface area contributed by atoms with Crippen molar-refractivity contribution in [3.8, 4) is 0 Å². The van der Waals surface area contributed by atoms with Crippen molar-refractivity contribution in [2.24, 2.45) is 0 Å². The number of unbranched alkanes of at least 4 members (excludes halogenated alkanes) is 1. The number of anilines is 1. The SMILES string of the molecule is CNN(CCCCO)C(=N)c1cccc(NO)n1.[HH]. The molecule has 1 heterocycles. The molecule has 7 heteroatoms. The van der Waals surface area contributed by atoms with Crippen molar-refractivity contribution < 1.29 is 11.7 Å². The summed E-state index contributed by atoms with van der Waals surface area (Å²) in [6.07, 6.45) is 1.47. The summed E-state index contributed by atoms with van der Waals surface area (Å²) in [5.41, 5.74) is 5.30. The van der Waals surface area contributed by atoms with Crippen molar-refractivity contribution in [2.75, 3.05) is 25.7 Å². The lowest BCUT2D eigenvalue weighted by molar-refractivity contribution is 0.264. The molecule has 0 unspecified atom stereocenters. The number of hydrazine groups is 1. The number of rotatable bonds is 7. The van der Waals surface area contributed by atoms with Crippen LogP contribution in [0.4, 0.5) is 5.82 Å². The van der Waals surface area contributed by atoms with Crippen LogP contribution in [-0.2, 0) is 0 Å². The lowest BCUT2D eigenvalue weighted by Crippen LogP contribution is -2.41. The summed E-state index contributed by atoms with van der Waals surface area (Å²) in [4.78, 5) is 4.07. The molecule has 0 aromatic carbocycles. The molecule has 0 aliphatic heterocycles. The highest BCUT2D eigenvalue weighted by Crippen LogP contribution is 2.06. The van der Waals surface area contributed by atoms with Crippen LogP contribution in [0.15, 0.2) is 18.2 Å². The molecule has 7 nitrogen and oxygen atoms in total. The average molecular weight is 255 g/mol. The summed E-state index contributed by atoms with van der Waals surface area (Å²) < 4.78 is 0. The third kappa shape index (κ3) is 3.95. The molecule has 0 atom stereocenters. The lowest BCUT2D eigenvalue weighted by Gasteiger charge is -2.23. The number of hydrogen-bond donors (Lipinski definition) is 5. The third-order valence-electron chi connectivity index (χ3n) is 2.44. The Labute approximate surface area is 107 Å². The Morgan fingerprint density at radius 1 is 1.50 bits per heavy atom. The summed E-state index contributed by atoms with van der Waals surface area (Å²) in [6, 6.07) is 5.00. The van der Waals surface area contributed by atoms with Crippen LogP contribution < -0.4 is 10.9 Å². The van der Waals surface area contributed by atoms with Gasteiger partial charge >= 0.3 is 0 Å². The fourth-order valence-electron chi connectivity index (χ4n) is 1.48. The van der Waals surface area contributed by atoms with E-state index < -0.39 is 0 Å². The van der Waals surface area contributed by atoms with Crippen LogP contribution in [0, 0.1) is 5.41 Å². The van der Waals surface area contributed by atoms with E-state index in [0.29, 0.717) is 24.5 Å². The van der Waals surface area contributed by atoms with Crippen molar-refractivity contribution >= 4 is 11.7 Å². The van der Waals surface area contributed by atoms with Gasteiger partial charge in [0.15, 0.2) is 5.84 Å². The van der Waals surface area contributed by atoms with Gasteiger partial charge in [0.2, 0.25) is 0 Å². The van der Waals surface area contributed by atoms with Gasteiger partial charge in [-0.25, -0.2) is 10.4 Å². The van der Waals surface area contributed by atoms with Gasteiger partial charge in [0, 0.05) is 21.6 Å². The fourth-order valence-corrected chi connectivity index (χ4v) is 1.48. The van der Waals surface area contributed by atoms with E-state index in [-0.39, 0.29) is 13.9 Å². The largest absolute Gasteiger partial charge is 0.396 e. The first-order valence-electron chi connectivity index (χ1n) is 5.74. The number of aromatic nitrogens is 1. The Bertz CT molecular complexity index is 391. The van der Waals surface area contributed by atoms with Crippen LogP contribution in [0.2, 0.25) is 0 Å². The van der Waals surface area contributed by atoms with Gasteiger partial charge in [0.1, 0.15) is 11.5 Å². The van der Waals surface area contributed by atoms with E-state index in [1.165, 1.54) is 0 Å². The molecule has 102 valence electrons. The smallest absolute Gasteiger partial charge is 0.161 e. The highest BCUT2D eigenvalue weighted by atomic mass is 16.5. The molecule has 0 saturated heterocycles. The highest BCUT2D eigenvalue weighted by molar-refractivity contribution is 5.94. The standard InChI is InChI=1S/C11H19N5O2.H2/c1-13-16(7-2-3-8-17)11(12)9-5-4-6-10(14-9)15-18;/h4-6,12-13,17-18H,2-3,7-8H2,1H3,(H,14,15);1H. The normalized spacial score (nSPS) is 10.2. The molecule has 1 aromatic rings. The average Bonchev–Trinajstić information content (AvgIpc) is 2.43. The van der Waals surface area contributed by atoms with E-state index in [1.54, 1.807) is 30.3 Å². The van der Waals surface area contributed by atoms with Crippen LogP contribution in [0.3, 0.4) is 0 Å². The first-order valence-corrected chi connectivity index (χ1v) is 5.74. The van der Waals surface area contributed by atoms with Gasteiger partial charge in [-0.3, -0.25) is 21.1 Å². The Hall–Kier alpha value is -1.70. The first-order chi connectivity index (χ1) is 8.72. The molecule has 0 aliphatic rings. The molecular formula is C11H21N5O2. The quantitative estimate of drug-likeness (QED) is 0.212. The number of nitrogens with one attached hydrogen (secondary N) is 3. The summed E-state index contributed by atoms with van der Waals surface area (Å²) >= 11 is 0. The van der Waals surface area contributed by atoms with Gasteiger partial charge in [-0.1, -0.05) is 6.07 Å². The fraction of sp³-hybridized carbons (Fsp3) is 0.455. The number of hydrogen-bond acceptors (Lipinski definition) is 6. The number of amidine groups is 1. The molecule has 0 saturated carbocycles. The molecule has 0 spiro atoms. The maximum atomic E-state index is 8.77. The zero-order valence-corrected chi connectivity index (χ0v) is 10.3. The molecule has 0 bridgehead atoms. The van der Waals surface area contributed by atoms with Crippen molar-refractivity contribution in [3.63, 3.8) is 0 Å². The van der Waals surface area contributed by atoms with E-state index in [2.05, 4.69) is 10.4 Å². The van der Waals surface area contributed by atoms with E-state index in [4.69, 9.17) is 15.7 Å². The number of aliphatic hydroxyl groups is 1. The van der Waals surface area contributed by atoms with Gasteiger partial charge in [0.25, 0.3) is 0 Å². The highest BCUT2D eigenvalue weighted by Gasteiger charge is 2.11. The minimum Gasteiger partial charge on any atom is -0.396 e. The minimum atomic E-state index is 0. The summed E-state index contributed by atoms with van der Waals surface area (Å²) in [6.45, 7) is 0.751. The van der Waals surface area contributed by atoms with Crippen LogP contribution in [0.25, 0.3) is 0 Å². The van der Waals surface area contributed by atoms with Gasteiger partial charge in [-0.05, 0) is 25.0 Å². The van der Waals surface area contributed by atoms with Gasteiger partial charge in [0.05, 0.1) is 0 Å². The molecule has 0 radical (unpaired) electrons. The van der Waals surface area contributed by atoms with Crippen LogP contribution in [0.1, 0.15) is 20.0 Å². The summed E-state index contributed by atoms with van der Waals surface area (Å²) in [5.74, 6) is 0.510. The Kier molecular flexibility index (Phi) is 6.06. The van der Waals surface area contributed by atoms with Crippen molar-refractivity contribution in [2.45, 2.75) is 12.8 Å². The van der Waals surface area contributed by atoms with Crippen molar-refractivity contribution in [1.82, 2.24) is 15.4 Å². The van der Waals surface area contributed by atoms with Crippen molar-refractivity contribution in [1.29, 1.82) is 5.41 Å². The second kappa shape index (κ2) is 7.59. The topological polar surface area (TPSA) is 104 Å². The second-order valence-electron chi connectivity index (χ2n) is 3.67. The van der Waals surface area contributed by atoms with E-state index in [1.807, 2.05) is 5.48 Å². The van der Waals surface area contributed by atoms with Crippen LogP contribution in [0.5, 0.6) is 0 Å².